The zero-order valence-electron chi connectivity index (χ0n) is 7.17. The summed E-state index contributed by atoms with van der Waals surface area (Å²) < 4.78 is 0. The van der Waals surface area contributed by atoms with Crippen LogP contribution in [0.3, 0.4) is 0 Å². The lowest BCUT2D eigenvalue weighted by atomic mass is 10.4. The number of carbonyl (C=O) groups excluding carboxylic acids is 1. The number of hydrogen-bond donors (Lipinski definition) is 1. The zero-order chi connectivity index (χ0) is 11.0. The van der Waals surface area contributed by atoms with Crippen LogP contribution in [0.1, 0.15) is 0 Å². The fraction of sp³-hybridized carbons (Fsp3) is 0.250. The molecule has 0 bridgehead atoms. The number of amides is 1. The Morgan fingerprint density at radius 3 is 2.07 bits per heavy atom. The molecule has 0 radical (unpaired) electrons. The lowest BCUT2D eigenvalue weighted by molar-refractivity contribution is -0.132. The molecule has 6 nitrogen and oxygen atoms in total. The molecule has 0 spiro atoms. The van der Waals surface area contributed by atoms with E-state index in [1.807, 2.05) is 0 Å². The molecular weight excluding hydrogens is 186 g/mol. The van der Waals surface area contributed by atoms with Crippen LogP contribution in [0.15, 0.2) is 12.2 Å². The van der Waals surface area contributed by atoms with Gasteiger partial charge in [-0.25, -0.2) is 4.79 Å². The number of carbonyl (C=O) groups is 2. The summed E-state index contributed by atoms with van der Waals surface area (Å²) in [4.78, 5) is 22.1. The lowest BCUT2D eigenvalue weighted by Gasteiger charge is -2.12. The van der Waals surface area contributed by atoms with Gasteiger partial charge in [0.25, 0.3) is 0 Å². The molecule has 0 aromatic carbocycles. The van der Waals surface area contributed by atoms with E-state index in [2.05, 4.69) is 0 Å². The molecular formula is C8H7N3O3. The number of aliphatic carboxylic acids is 1. The minimum atomic E-state index is -1.26. The van der Waals surface area contributed by atoms with E-state index in [0.717, 1.165) is 11.0 Å². The number of hydrogen-bond acceptors (Lipinski definition) is 4. The van der Waals surface area contributed by atoms with Crippen molar-refractivity contribution in [2.24, 2.45) is 0 Å². The predicted octanol–water partition coefficient (Wildman–Crippen LogP) is -0.497. The van der Waals surface area contributed by atoms with Gasteiger partial charge in [-0.15, -0.1) is 0 Å². The summed E-state index contributed by atoms with van der Waals surface area (Å²) in [7, 11) is 0. The van der Waals surface area contributed by atoms with Crippen LogP contribution in [-0.2, 0) is 9.59 Å². The van der Waals surface area contributed by atoms with Crippen molar-refractivity contribution >= 4 is 11.9 Å². The Kier molecular flexibility index (Phi) is 5.17. The molecule has 0 aromatic rings. The van der Waals surface area contributed by atoms with Gasteiger partial charge < -0.3 is 10.0 Å². The smallest absolute Gasteiger partial charge is 0.328 e. The van der Waals surface area contributed by atoms with E-state index in [-0.39, 0.29) is 13.1 Å². The Bertz CT molecular complexity index is 319. The molecule has 0 atom stereocenters. The Morgan fingerprint density at radius 2 is 1.71 bits per heavy atom. The van der Waals surface area contributed by atoms with Crippen LogP contribution in [0.4, 0.5) is 0 Å². The topological polar surface area (TPSA) is 105 Å². The summed E-state index contributed by atoms with van der Waals surface area (Å²) in [5.74, 6) is -1.93. The van der Waals surface area contributed by atoms with Gasteiger partial charge in [0.05, 0.1) is 12.1 Å². The van der Waals surface area contributed by atoms with Gasteiger partial charge in [0.15, 0.2) is 0 Å². The molecule has 0 heterocycles. The van der Waals surface area contributed by atoms with E-state index in [4.69, 9.17) is 15.6 Å². The Balaban J connectivity index is 4.39. The van der Waals surface area contributed by atoms with E-state index >= 15 is 0 Å². The average Bonchev–Trinajstić information content (AvgIpc) is 2.14. The van der Waals surface area contributed by atoms with Crippen molar-refractivity contribution < 1.29 is 14.7 Å². The van der Waals surface area contributed by atoms with Crippen molar-refractivity contribution in [1.82, 2.24) is 4.90 Å². The molecule has 0 unspecified atom stereocenters. The Hall–Kier alpha value is -2.34. The monoisotopic (exact) mass is 193 g/mol. The van der Waals surface area contributed by atoms with Crippen molar-refractivity contribution in [3.05, 3.63) is 12.2 Å². The predicted molar refractivity (Wildman–Crippen MR) is 44.6 cm³/mol. The molecule has 1 N–H and O–H groups in total. The second-order valence-corrected chi connectivity index (χ2v) is 2.18. The Morgan fingerprint density at radius 1 is 1.21 bits per heavy atom. The molecule has 1 amide bonds. The van der Waals surface area contributed by atoms with Crippen LogP contribution in [0.5, 0.6) is 0 Å². The molecule has 0 saturated carbocycles. The van der Waals surface area contributed by atoms with Crippen molar-refractivity contribution in [2.75, 3.05) is 13.1 Å². The first-order valence-electron chi connectivity index (χ1n) is 3.55. The summed E-state index contributed by atoms with van der Waals surface area (Å²) >= 11 is 0. The van der Waals surface area contributed by atoms with Crippen LogP contribution < -0.4 is 0 Å². The largest absolute Gasteiger partial charge is 0.478 e. The molecule has 0 aliphatic heterocycles. The third kappa shape index (κ3) is 4.52. The Labute approximate surface area is 80.3 Å². The minimum Gasteiger partial charge on any atom is -0.478 e. The zero-order valence-corrected chi connectivity index (χ0v) is 7.17. The maximum atomic E-state index is 11.1. The number of rotatable bonds is 4. The first-order valence-corrected chi connectivity index (χ1v) is 3.55. The second-order valence-electron chi connectivity index (χ2n) is 2.18. The van der Waals surface area contributed by atoms with Crippen LogP contribution >= 0.6 is 0 Å². The SMILES string of the molecule is N#CCN(CC#N)C(=O)C=CC(=O)O. The molecule has 0 aromatic heterocycles. The lowest BCUT2D eigenvalue weighted by Crippen LogP contribution is -2.30. The van der Waals surface area contributed by atoms with Gasteiger partial charge in [-0.05, 0) is 0 Å². The van der Waals surface area contributed by atoms with Crippen molar-refractivity contribution in [3.8, 4) is 12.1 Å². The third-order valence-electron chi connectivity index (χ3n) is 1.20. The highest BCUT2D eigenvalue weighted by molar-refractivity contribution is 5.94. The second kappa shape index (κ2) is 6.21. The highest BCUT2D eigenvalue weighted by Crippen LogP contribution is 1.90. The molecule has 0 saturated heterocycles. The molecule has 6 heteroatoms. The quantitative estimate of drug-likeness (QED) is 0.478. The third-order valence-corrected chi connectivity index (χ3v) is 1.20. The van der Waals surface area contributed by atoms with Gasteiger partial charge in [-0.1, -0.05) is 0 Å². The summed E-state index contributed by atoms with van der Waals surface area (Å²) in [5.41, 5.74) is 0. The van der Waals surface area contributed by atoms with Crippen LogP contribution in [-0.4, -0.2) is 35.0 Å². The molecule has 0 aliphatic rings. The van der Waals surface area contributed by atoms with Crippen molar-refractivity contribution in [2.45, 2.75) is 0 Å². The minimum absolute atomic E-state index is 0.240. The first-order chi connectivity index (χ1) is 6.61. The molecule has 72 valence electrons. The fourth-order valence-electron chi connectivity index (χ4n) is 0.630. The highest BCUT2D eigenvalue weighted by atomic mass is 16.4. The molecule has 0 rings (SSSR count). The maximum absolute atomic E-state index is 11.1. The van der Waals surface area contributed by atoms with Gasteiger partial charge in [-0.2, -0.15) is 10.5 Å². The fourth-order valence-corrected chi connectivity index (χ4v) is 0.630. The number of nitriles is 2. The summed E-state index contributed by atoms with van der Waals surface area (Å²) in [6.07, 6.45) is 1.46. The van der Waals surface area contributed by atoms with E-state index in [9.17, 15) is 9.59 Å². The molecule has 0 fully saturated rings. The summed E-state index contributed by atoms with van der Waals surface area (Å²) in [6, 6.07) is 3.39. The summed E-state index contributed by atoms with van der Waals surface area (Å²) in [6.45, 7) is -0.479. The molecule has 14 heavy (non-hydrogen) atoms. The van der Waals surface area contributed by atoms with Gasteiger partial charge >= 0.3 is 5.97 Å². The van der Waals surface area contributed by atoms with Gasteiger partial charge in [-0.3, -0.25) is 4.79 Å². The summed E-state index contributed by atoms with van der Waals surface area (Å²) in [5, 5.41) is 24.8. The van der Waals surface area contributed by atoms with Crippen LogP contribution in [0, 0.1) is 22.7 Å². The van der Waals surface area contributed by atoms with E-state index in [1.165, 1.54) is 0 Å². The van der Waals surface area contributed by atoms with E-state index in [1.54, 1.807) is 12.1 Å². The molecule has 0 aliphatic carbocycles. The van der Waals surface area contributed by atoms with Crippen LogP contribution in [0.2, 0.25) is 0 Å². The first kappa shape index (κ1) is 11.7. The number of carboxylic acid groups (broad SMARTS) is 1. The highest BCUT2D eigenvalue weighted by Gasteiger charge is 2.09. The average molecular weight is 193 g/mol. The van der Waals surface area contributed by atoms with Gasteiger partial charge in [0.1, 0.15) is 13.1 Å². The maximum Gasteiger partial charge on any atom is 0.328 e. The normalized spacial score (nSPS) is 9.00. The van der Waals surface area contributed by atoms with E-state index in [0.29, 0.717) is 6.08 Å². The van der Waals surface area contributed by atoms with Crippen LogP contribution in [0.25, 0.3) is 0 Å². The van der Waals surface area contributed by atoms with Gasteiger partial charge in [0.2, 0.25) is 5.91 Å². The number of nitrogens with zero attached hydrogens (tertiary/aromatic N) is 3. The van der Waals surface area contributed by atoms with E-state index < -0.39 is 11.9 Å². The van der Waals surface area contributed by atoms with Crippen molar-refractivity contribution in [3.63, 3.8) is 0 Å². The van der Waals surface area contributed by atoms with Gasteiger partial charge in [0, 0.05) is 12.2 Å². The standard InChI is InChI=1S/C8H7N3O3/c9-3-5-11(6-4-10)7(12)1-2-8(13)14/h1-2H,5-6H2,(H,13,14). The number of carboxylic acids is 1. The van der Waals surface area contributed by atoms with Crippen molar-refractivity contribution in [1.29, 1.82) is 10.5 Å².